The largest absolute Gasteiger partial charge is 0.465 e. The summed E-state index contributed by atoms with van der Waals surface area (Å²) in [4.78, 5) is 19.6. The summed E-state index contributed by atoms with van der Waals surface area (Å²) in [7, 11) is 3.07. The van der Waals surface area contributed by atoms with Crippen LogP contribution in [0.4, 0.5) is 5.82 Å². The number of pyridine rings is 2. The molecule has 0 radical (unpaired) electrons. The third-order valence-electron chi connectivity index (χ3n) is 2.55. The molecule has 0 unspecified atom stereocenters. The van der Waals surface area contributed by atoms with Crippen LogP contribution in [0.5, 0.6) is 0 Å². The maximum Gasteiger partial charge on any atom is 0.339 e. The van der Waals surface area contributed by atoms with Gasteiger partial charge in [0.25, 0.3) is 0 Å². The summed E-state index contributed by atoms with van der Waals surface area (Å²) in [6, 6.07) is 5.32. The molecule has 5 nitrogen and oxygen atoms in total. The Hall–Kier alpha value is -2.87. The van der Waals surface area contributed by atoms with Gasteiger partial charge in [0.1, 0.15) is 5.82 Å². The van der Waals surface area contributed by atoms with Crippen molar-refractivity contribution in [3.63, 3.8) is 0 Å². The summed E-state index contributed by atoms with van der Waals surface area (Å²) in [5.41, 5.74) is 1.78. The molecule has 5 heteroatoms. The van der Waals surface area contributed by atoms with Crippen LogP contribution in [0.15, 0.2) is 36.8 Å². The zero-order chi connectivity index (χ0) is 14.4. The molecule has 0 aliphatic carbocycles. The van der Waals surface area contributed by atoms with E-state index in [-0.39, 0.29) is 0 Å². The van der Waals surface area contributed by atoms with Gasteiger partial charge in [0.2, 0.25) is 0 Å². The number of carbonyl (C=O) groups is 1. The first-order chi connectivity index (χ1) is 9.74. The number of ether oxygens (including phenoxy) is 1. The van der Waals surface area contributed by atoms with Crippen molar-refractivity contribution in [3.05, 3.63) is 53.5 Å². The highest BCUT2D eigenvalue weighted by molar-refractivity contribution is 5.89. The highest BCUT2D eigenvalue weighted by Gasteiger charge is 2.09. The zero-order valence-electron chi connectivity index (χ0n) is 11.2. The lowest BCUT2D eigenvalue weighted by molar-refractivity contribution is 0.0600. The summed E-state index contributed by atoms with van der Waals surface area (Å²) in [6.45, 7) is 0. The summed E-state index contributed by atoms with van der Waals surface area (Å²) in [5, 5.41) is 2.93. The number of esters is 1. The van der Waals surface area contributed by atoms with Crippen molar-refractivity contribution in [2.24, 2.45) is 0 Å². The predicted octanol–water partition coefficient (Wildman–Crippen LogP) is 1.70. The van der Waals surface area contributed by atoms with Crippen molar-refractivity contribution in [3.8, 4) is 11.8 Å². The molecule has 2 rings (SSSR count). The van der Waals surface area contributed by atoms with Gasteiger partial charge in [-0.15, -0.1) is 0 Å². The van der Waals surface area contributed by atoms with E-state index >= 15 is 0 Å². The van der Waals surface area contributed by atoms with Gasteiger partial charge in [-0.05, 0) is 18.2 Å². The third-order valence-corrected chi connectivity index (χ3v) is 2.55. The molecular weight excluding hydrogens is 254 g/mol. The first kappa shape index (κ1) is 13.6. The molecule has 0 atom stereocenters. The maximum absolute atomic E-state index is 11.5. The van der Waals surface area contributed by atoms with Crippen LogP contribution in [0.1, 0.15) is 21.5 Å². The molecular formula is C15H13N3O2. The Morgan fingerprint density at radius 3 is 2.85 bits per heavy atom. The van der Waals surface area contributed by atoms with E-state index in [9.17, 15) is 4.79 Å². The van der Waals surface area contributed by atoms with E-state index in [1.54, 1.807) is 25.5 Å². The Labute approximate surface area is 117 Å². The fraction of sp³-hybridized carbons (Fsp3) is 0.133. The lowest BCUT2D eigenvalue weighted by atomic mass is 10.1. The monoisotopic (exact) mass is 267 g/mol. The molecule has 2 aromatic heterocycles. The number of hydrogen-bond acceptors (Lipinski definition) is 5. The SMILES string of the molecule is CNc1ncc(C(=O)OC)cc1C#Cc1cccnc1. The van der Waals surface area contributed by atoms with Crippen molar-refractivity contribution in [1.82, 2.24) is 9.97 Å². The van der Waals surface area contributed by atoms with Gasteiger partial charge < -0.3 is 10.1 Å². The Morgan fingerprint density at radius 2 is 2.20 bits per heavy atom. The summed E-state index contributed by atoms with van der Waals surface area (Å²) in [5.74, 6) is 6.12. The lowest BCUT2D eigenvalue weighted by Gasteiger charge is -2.04. The standard InChI is InChI=1S/C15H13N3O2/c1-16-14-12(6-5-11-4-3-7-17-9-11)8-13(10-18-14)15(19)20-2/h3-4,7-10H,1-2H3,(H,16,18). The fourth-order valence-corrected chi connectivity index (χ4v) is 1.56. The maximum atomic E-state index is 11.5. The van der Waals surface area contributed by atoms with Crippen LogP contribution in [-0.4, -0.2) is 30.1 Å². The number of aromatic nitrogens is 2. The molecule has 2 aromatic rings. The predicted molar refractivity (Wildman–Crippen MR) is 75.3 cm³/mol. The number of carbonyl (C=O) groups excluding carboxylic acids is 1. The van der Waals surface area contributed by atoms with Crippen LogP contribution in [0.25, 0.3) is 0 Å². The van der Waals surface area contributed by atoms with E-state index in [0.29, 0.717) is 16.9 Å². The number of anilines is 1. The molecule has 0 fully saturated rings. The molecule has 0 amide bonds. The average Bonchev–Trinajstić information content (AvgIpc) is 2.52. The molecule has 0 spiro atoms. The molecule has 0 aromatic carbocycles. The molecule has 0 bridgehead atoms. The van der Waals surface area contributed by atoms with Crippen LogP contribution >= 0.6 is 0 Å². The van der Waals surface area contributed by atoms with Crippen molar-refractivity contribution in [1.29, 1.82) is 0 Å². The van der Waals surface area contributed by atoms with Gasteiger partial charge in [0.15, 0.2) is 0 Å². The quantitative estimate of drug-likeness (QED) is 0.663. The minimum absolute atomic E-state index is 0.363. The second kappa shape index (κ2) is 6.34. The first-order valence-electron chi connectivity index (χ1n) is 5.92. The Kier molecular flexibility index (Phi) is 4.30. The molecule has 0 aliphatic heterocycles. The van der Waals surface area contributed by atoms with Crippen LogP contribution in [0.3, 0.4) is 0 Å². The summed E-state index contributed by atoms with van der Waals surface area (Å²) < 4.78 is 4.67. The van der Waals surface area contributed by atoms with Crippen molar-refractivity contribution in [2.75, 3.05) is 19.5 Å². The van der Waals surface area contributed by atoms with E-state index in [4.69, 9.17) is 0 Å². The number of methoxy groups -OCH3 is 1. The minimum Gasteiger partial charge on any atom is -0.465 e. The van der Waals surface area contributed by atoms with Gasteiger partial charge in [-0.1, -0.05) is 11.8 Å². The first-order valence-corrected chi connectivity index (χ1v) is 5.92. The molecule has 20 heavy (non-hydrogen) atoms. The fourth-order valence-electron chi connectivity index (χ4n) is 1.56. The molecule has 0 saturated carbocycles. The average molecular weight is 267 g/mol. The van der Waals surface area contributed by atoms with Gasteiger partial charge >= 0.3 is 5.97 Å². The van der Waals surface area contributed by atoms with E-state index in [0.717, 1.165) is 5.56 Å². The molecule has 0 saturated heterocycles. The third kappa shape index (κ3) is 3.12. The van der Waals surface area contributed by atoms with Gasteiger partial charge in [0.05, 0.1) is 18.2 Å². The molecule has 100 valence electrons. The van der Waals surface area contributed by atoms with Gasteiger partial charge in [-0.3, -0.25) is 4.98 Å². The van der Waals surface area contributed by atoms with E-state index in [1.165, 1.54) is 13.3 Å². The van der Waals surface area contributed by atoms with Crippen LogP contribution in [0, 0.1) is 11.8 Å². The second-order valence-corrected chi connectivity index (χ2v) is 3.85. The van der Waals surface area contributed by atoms with Crippen molar-refractivity contribution in [2.45, 2.75) is 0 Å². The number of hydrogen-bond donors (Lipinski definition) is 1. The highest BCUT2D eigenvalue weighted by Crippen LogP contribution is 2.13. The van der Waals surface area contributed by atoms with Crippen LogP contribution in [0.2, 0.25) is 0 Å². The normalized spacial score (nSPS) is 9.30. The summed E-state index contributed by atoms with van der Waals surface area (Å²) in [6.07, 6.45) is 4.81. The van der Waals surface area contributed by atoms with E-state index in [1.807, 2.05) is 12.1 Å². The Morgan fingerprint density at radius 1 is 1.35 bits per heavy atom. The van der Waals surface area contributed by atoms with Crippen LogP contribution < -0.4 is 5.32 Å². The Bertz CT molecular complexity index is 673. The molecule has 0 aliphatic rings. The zero-order valence-corrected chi connectivity index (χ0v) is 11.2. The lowest BCUT2D eigenvalue weighted by Crippen LogP contribution is -2.04. The van der Waals surface area contributed by atoms with Crippen LogP contribution in [-0.2, 0) is 4.74 Å². The summed E-state index contributed by atoms with van der Waals surface area (Å²) >= 11 is 0. The highest BCUT2D eigenvalue weighted by atomic mass is 16.5. The van der Waals surface area contributed by atoms with Crippen molar-refractivity contribution >= 4 is 11.8 Å². The smallest absolute Gasteiger partial charge is 0.339 e. The topological polar surface area (TPSA) is 64.1 Å². The number of rotatable bonds is 2. The van der Waals surface area contributed by atoms with E-state index < -0.39 is 5.97 Å². The van der Waals surface area contributed by atoms with Crippen molar-refractivity contribution < 1.29 is 9.53 Å². The molecule has 2 heterocycles. The number of nitrogens with zero attached hydrogens (tertiary/aromatic N) is 2. The van der Waals surface area contributed by atoms with Gasteiger partial charge in [-0.2, -0.15) is 0 Å². The minimum atomic E-state index is -0.440. The second-order valence-electron chi connectivity index (χ2n) is 3.85. The van der Waals surface area contributed by atoms with Gasteiger partial charge in [-0.25, -0.2) is 9.78 Å². The van der Waals surface area contributed by atoms with E-state index in [2.05, 4.69) is 31.9 Å². The number of nitrogens with one attached hydrogen (secondary N) is 1. The van der Waals surface area contributed by atoms with Gasteiger partial charge in [0, 0.05) is 31.2 Å². The molecule has 1 N–H and O–H groups in total. The Balaban J connectivity index is 2.39.